The van der Waals surface area contributed by atoms with Crippen LogP contribution in [0.1, 0.15) is 0 Å². The number of anilines is 1. The number of halogens is 2. The van der Waals surface area contributed by atoms with Gasteiger partial charge in [-0.25, -0.2) is 4.39 Å². The number of nitrogens with zero attached hydrogens (tertiary/aromatic N) is 1. The number of aromatic nitrogens is 1. The average Bonchev–Trinajstić information content (AvgIpc) is 2.22. The number of pyridine rings is 1. The summed E-state index contributed by atoms with van der Waals surface area (Å²) in [5.74, 6) is -0.288. The van der Waals surface area contributed by atoms with Gasteiger partial charge in [0, 0.05) is 17.4 Å². The van der Waals surface area contributed by atoms with Gasteiger partial charge in [0.05, 0.1) is 10.2 Å². The lowest BCUT2D eigenvalue weighted by atomic mass is 10.1. The van der Waals surface area contributed by atoms with E-state index in [2.05, 4.69) is 20.9 Å². The summed E-state index contributed by atoms with van der Waals surface area (Å²) >= 11 is 3.33. The molecule has 0 spiro atoms. The van der Waals surface area contributed by atoms with Crippen LogP contribution in [0.25, 0.3) is 11.3 Å². The molecule has 2 aromatic rings. The van der Waals surface area contributed by atoms with Gasteiger partial charge in [-0.05, 0) is 34.1 Å². The monoisotopic (exact) mass is 266 g/mol. The predicted octanol–water partition coefficient (Wildman–Crippen LogP) is 3.23. The lowest BCUT2D eigenvalue weighted by molar-refractivity contribution is 0.628. The summed E-state index contributed by atoms with van der Waals surface area (Å²) in [4.78, 5) is 4.16. The first kappa shape index (κ1) is 10.1. The maximum absolute atomic E-state index is 13.0. The van der Waals surface area contributed by atoms with Gasteiger partial charge in [0.2, 0.25) is 0 Å². The maximum atomic E-state index is 13.0. The van der Waals surface area contributed by atoms with E-state index in [1.54, 1.807) is 24.4 Å². The molecule has 0 aliphatic heterocycles. The van der Waals surface area contributed by atoms with Crippen molar-refractivity contribution in [2.75, 3.05) is 5.73 Å². The van der Waals surface area contributed by atoms with Crippen molar-refractivity contribution in [1.29, 1.82) is 0 Å². The van der Waals surface area contributed by atoms with Crippen LogP contribution in [0.2, 0.25) is 0 Å². The van der Waals surface area contributed by atoms with Crippen LogP contribution < -0.4 is 5.73 Å². The minimum atomic E-state index is -0.288. The Labute approximate surface area is 95.1 Å². The molecule has 0 bridgehead atoms. The quantitative estimate of drug-likeness (QED) is 0.861. The summed E-state index contributed by atoms with van der Waals surface area (Å²) in [5, 5.41) is 0. The van der Waals surface area contributed by atoms with E-state index in [0.717, 1.165) is 0 Å². The molecule has 2 N–H and O–H groups in total. The van der Waals surface area contributed by atoms with Gasteiger partial charge in [-0.1, -0.05) is 12.1 Å². The molecule has 0 saturated carbocycles. The summed E-state index contributed by atoms with van der Waals surface area (Å²) in [6.45, 7) is 0. The van der Waals surface area contributed by atoms with Crippen molar-refractivity contribution in [2.24, 2.45) is 0 Å². The molecule has 76 valence electrons. The van der Waals surface area contributed by atoms with E-state index in [0.29, 0.717) is 21.4 Å². The normalized spacial score (nSPS) is 10.3. The number of nitrogens with two attached hydrogens (primary N) is 1. The van der Waals surface area contributed by atoms with Crippen molar-refractivity contribution in [2.45, 2.75) is 0 Å². The number of nitrogen functional groups attached to an aromatic ring is 1. The van der Waals surface area contributed by atoms with Crippen molar-refractivity contribution in [1.82, 2.24) is 4.98 Å². The van der Waals surface area contributed by atoms with Crippen LogP contribution in [0.5, 0.6) is 0 Å². The second-order valence-electron chi connectivity index (χ2n) is 3.07. The fraction of sp³-hybridized carbons (Fsp3) is 0. The number of hydrogen-bond donors (Lipinski definition) is 1. The lowest BCUT2D eigenvalue weighted by Crippen LogP contribution is -1.92. The minimum absolute atomic E-state index is 0.288. The maximum Gasteiger partial charge on any atom is 0.123 e. The van der Waals surface area contributed by atoms with Gasteiger partial charge >= 0.3 is 0 Å². The molecule has 2 nitrogen and oxygen atoms in total. The molecule has 0 atom stereocenters. The SMILES string of the molecule is Nc1ccnc(-c2cccc(F)c2)c1Br. The topological polar surface area (TPSA) is 38.9 Å². The van der Waals surface area contributed by atoms with Crippen molar-refractivity contribution in [3.05, 3.63) is 46.8 Å². The summed E-state index contributed by atoms with van der Waals surface area (Å²) in [6, 6.07) is 7.93. The molecule has 4 heteroatoms. The summed E-state index contributed by atoms with van der Waals surface area (Å²) in [5.41, 5.74) is 7.65. The van der Waals surface area contributed by atoms with Gasteiger partial charge in [-0.15, -0.1) is 0 Å². The van der Waals surface area contributed by atoms with Gasteiger partial charge in [-0.2, -0.15) is 0 Å². The van der Waals surface area contributed by atoms with Crippen molar-refractivity contribution < 1.29 is 4.39 Å². The molecule has 2 rings (SSSR count). The third kappa shape index (κ3) is 1.99. The third-order valence-corrected chi connectivity index (χ3v) is 2.85. The molecule has 0 unspecified atom stereocenters. The highest BCUT2D eigenvalue weighted by molar-refractivity contribution is 9.10. The summed E-state index contributed by atoms with van der Waals surface area (Å²) < 4.78 is 13.7. The summed E-state index contributed by atoms with van der Waals surface area (Å²) in [6.07, 6.45) is 1.60. The fourth-order valence-electron chi connectivity index (χ4n) is 1.30. The van der Waals surface area contributed by atoms with E-state index < -0.39 is 0 Å². The zero-order chi connectivity index (χ0) is 10.8. The molecule has 0 fully saturated rings. The molecule has 0 saturated heterocycles. The van der Waals surface area contributed by atoms with Gasteiger partial charge < -0.3 is 5.73 Å². The van der Waals surface area contributed by atoms with Crippen LogP contribution in [-0.4, -0.2) is 4.98 Å². The Balaban J connectivity index is 2.59. The van der Waals surface area contributed by atoms with Gasteiger partial charge in [0.15, 0.2) is 0 Å². The Morgan fingerprint density at radius 3 is 2.80 bits per heavy atom. The Bertz CT molecular complexity index is 500. The van der Waals surface area contributed by atoms with Gasteiger partial charge in [-0.3, -0.25) is 4.98 Å². The van der Waals surface area contributed by atoms with Crippen LogP contribution in [-0.2, 0) is 0 Å². The van der Waals surface area contributed by atoms with E-state index in [4.69, 9.17) is 5.73 Å². The molecule has 1 aromatic carbocycles. The standard InChI is InChI=1S/C11H8BrFN2/c12-10-9(14)4-5-15-11(10)7-2-1-3-8(13)6-7/h1-6H,(H2,14,15). The molecule has 0 amide bonds. The first-order chi connectivity index (χ1) is 7.18. The van der Waals surface area contributed by atoms with Crippen molar-refractivity contribution in [3.8, 4) is 11.3 Å². The minimum Gasteiger partial charge on any atom is -0.398 e. The lowest BCUT2D eigenvalue weighted by Gasteiger charge is -2.05. The molecule has 0 radical (unpaired) electrons. The Morgan fingerprint density at radius 1 is 1.27 bits per heavy atom. The predicted molar refractivity (Wildman–Crippen MR) is 61.7 cm³/mol. The number of hydrogen-bond acceptors (Lipinski definition) is 2. The number of rotatable bonds is 1. The first-order valence-corrected chi connectivity index (χ1v) is 5.13. The molecule has 1 aromatic heterocycles. The first-order valence-electron chi connectivity index (χ1n) is 4.34. The second-order valence-corrected chi connectivity index (χ2v) is 3.87. The average molecular weight is 267 g/mol. The van der Waals surface area contributed by atoms with Crippen LogP contribution in [0.4, 0.5) is 10.1 Å². The zero-order valence-electron chi connectivity index (χ0n) is 7.74. The molecule has 1 heterocycles. The van der Waals surface area contributed by atoms with E-state index in [9.17, 15) is 4.39 Å². The van der Waals surface area contributed by atoms with E-state index >= 15 is 0 Å². The highest BCUT2D eigenvalue weighted by Gasteiger charge is 2.07. The van der Waals surface area contributed by atoms with E-state index in [1.807, 2.05) is 0 Å². The van der Waals surface area contributed by atoms with E-state index in [-0.39, 0.29) is 5.82 Å². The van der Waals surface area contributed by atoms with Crippen molar-refractivity contribution >= 4 is 21.6 Å². The van der Waals surface area contributed by atoms with Gasteiger partial charge in [0.25, 0.3) is 0 Å². The van der Waals surface area contributed by atoms with Crippen LogP contribution >= 0.6 is 15.9 Å². The Kier molecular flexibility index (Phi) is 2.68. The molecular weight excluding hydrogens is 259 g/mol. The highest BCUT2D eigenvalue weighted by Crippen LogP contribution is 2.30. The van der Waals surface area contributed by atoms with Crippen LogP contribution in [0, 0.1) is 5.82 Å². The van der Waals surface area contributed by atoms with E-state index in [1.165, 1.54) is 12.1 Å². The molecule has 15 heavy (non-hydrogen) atoms. The smallest absolute Gasteiger partial charge is 0.123 e. The molecular formula is C11H8BrFN2. The molecule has 0 aliphatic carbocycles. The molecule has 0 aliphatic rings. The van der Waals surface area contributed by atoms with Crippen LogP contribution in [0.15, 0.2) is 41.0 Å². The second kappa shape index (κ2) is 3.98. The van der Waals surface area contributed by atoms with Crippen molar-refractivity contribution in [3.63, 3.8) is 0 Å². The van der Waals surface area contributed by atoms with Crippen LogP contribution in [0.3, 0.4) is 0 Å². The largest absolute Gasteiger partial charge is 0.398 e. The highest BCUT2D eigenvalue weighted by atomic mass is 79.9. The zero-order valence-corrected chi connectivity index (χ0v) is 9.33. The fourth-order valence-corrected chi connectivity index (χ4v) is 1.76. The third-order valence-electron chi connectivity index (χ3n) is 2.02. The Hall–Kier alpha value is -1.42. The van der Waals surface area contributed by atoms with Gasteiger partial charge in [0.1, 0.15) is 5.82 Å². The number of benzene rings is 1. The summed E-state index contributed by atoms with van der Waals surface area (Å²) in [7, 11) is 0. The Morgan fingerprint density at radius 2 is 2.07 bits per heavy atom.